The number of pyridine rings is 1. The van der Waals surface area contributed by atoms with E-state index in [0.29, 0.717) is 5.92 Å². The third-order valence-electron chi connectivity index (χ3n) is 1.91. The number of nitrogens with zero attached hydrogens (tertiary/aromatic N) is 1. The van der Waals surface area contributed by atoms with Gasteiger partial charge in [0.05, 0.1) is 3.23 Å². The van der Waals surface area contributed by atoms with Gasteiger partial charge in [0, 0.05) is 18.3 Å². The molecule has 2 rings (SSSR count). The maximum absolute atomic E-state index is 4.07. The molecule has 1 aromatic heterocycles. The number of alkyl halides is 2. The van der Waals surface area contributed by atoms with Gasteiger partial charge in [-0.2, -0.15) is 0 Å². The van der Waals surface area contributed by atoms with E-state index in [1.54, 1.807) is 6.20 Å². The first-order valence-corrected chi connectivity index (χ1v) is 5.06. The van der Waals surface area contributed by atoms with Crippen LogP contribution in [0.15, 0.2) is 24.5 Å². The molecule has 1 aliphatic rings. The summed E-state index contributed by atoms with van der Waals surface area (Å²) in [7, 11) is 0. The molecule has 58 valence electrons. The molecule has 1 unspecified atom stereocenters. The molecule has 1 heterocycles. The highest BCUT2D eigenvalue weighted by Gasteiger charge is 2.51. The lowest BCUT2D eigenvalue weighted by atomic mass is 10.2. The van der Waals surface area contributed by atoms with Crippen LogP contribution in [-0.4, -0.2) is 8.22 Å². The van der Waals surface area contributed by atoms with Crippen LogP contribution in [0.25, 0.3) is 0 Å². The van der Waals surface area contributed by atoms with Crippen LogP contribution in [0.1, 0.15) is 17.9 Å². The molecule has 1 saturated carbocycles. The van der Waals surface area contributed by atoms with Crippen LogP contribution < -0.4 is 0 Å². The van der Waals surface area contributed by atoms with Crippen LogP contribution >= 0.6 is 31.9 Å². The van der Waals surface area contributed by atoms with E-state index < -0.39 is 0 Å². The first kappa shape index (κ1) is 7.74. The molecule has 0 aromatic carbocycles. The normalized spacial score (nSPS) is 26.5. The van der Waals surface area contributed by atoms with E-state index in [0.717, 1.165) is 6.42 Å². The minimum Gasteiger partial charge on any atom is -0.264 e. The Morgan fingerprint density at radius 3 is 2.73 bits per heavy atom. The number of hydrogen-bond donors (Lipinski definition) is 0. The molecule has 0 aliphatic heterocycles. The summed E-state index contributed by atoms with van der Waals surface area (Å²) < 4.78 is 0.156. The van der Waals surface area contributed by atoms with Crippen molar-refractivity contribution < 1.29 is 0 Å². The van der Waals surface area contributed by atoms with Gasteiger partial charge >= 0.3 is 0 Å². The van der Waals surface area contributed by atoms with Crippen LogP contribution in [0.2, 0.25) is 0 Å². The number of aromatic nitrogens is 1. The zero-order valence-corrected chi connectivity index (χ0v) is 8.97. The summed E-state index contributed by atoms with van der Waals surface area (Å²) in [6, 6.07) is 4.09. The molecule has 0 N–H and O–H groups in total. The fourth-order valence-electron chi connectivity index (χ4n) is 1.16. The highest BCUT2D eigenvalue weighted by molar-refractivity contribution is 9.25. The van der Waals surface area contributed by atoms with Crippen molar-refractivity contribution in [3.8, 4) is 0 Å². The minimum absolute atomic E-state index is 0.156. The maximum atomic E-state index is 4.07. The summed E-state index contributed by atoms with van der Waals surface area (Å²) in [5, 5.41) is 0. The van der Waals surface area contributed by atoms with Crippen molar-refractivity contribution in [2.24, 2.45) is 0 Å². The summed E-state index contributed by atoms with van der Waals surface area (Å²) in [5.74, 6) is 0.594. The fraction of sp³-hybridized carbons (Fsp3) is 0.375. The zero-order valence-electron chi connectivity index (χ0n) is 5.80. The third-order valence-corrected chi connectivity index (χ3v) is 3.67. The number of hydrogen-bond acceptors (Lipinski definition) is 1. The van der Waals surface area contributed by atoms with E-state index in [2.05, 4.69) is 42.9 Å². The molecular formula is C8H7Br2N. The monoisotopic (exact) mass is 275 g/mol. The molecule has 11 heavy (non-hydrogen) atoms. The highest BCUT2D eigenvalue weighted by Crippen LogP contribution is 2.61. The van der Waals surface area contributed by atoms with Crippen LogP contribution in [0, 0.1) is 0 Å². The lowest BCUT2D eigenvalue weighted by Crippen LogP contribution is -1.88. The predicted molar refractivity (Wildman–Crippen MR) is 52.2 cm³/mol. The second-order valence-electron chi connectivity index (χ2n) is 2.80. The molecule has 1 nitrogen and oxygen atoms in total. The molecule has 1 aliphatic carbocycles. The van der Waals surface area contributed by atoms with Crippen LogP contribution in [0.4, 0.5) is 0 Å². The average molecular weight is 277 g/mol. The lowest BCUT2D eigenvalue weighted by molar-refractivity contribution is 1.09. The van der Waals surface area contributed by atoms with Crippen LogP contribution in [-0.2, 0) is 0 Å². The first-order valence-electron chi connectivity index (χ1n) is 3.48. The van der Waals surface area contributed by atoms with Gasteiger partial charge in [-0.05, 0) is 18.1 Å². The largest absolute Gasteiger partial charge is 0.264 e. The van der Waals surface area contributed by atoms with Crippen molar-refractivity contribution in [1.82, 2.24) is 4.98 Å². The van der Waals surface area contributed by atoms with Gasteiger partial charge in [-0.25, -0.2) is 0 Å². The summed E-state index contributed by atoms with van der Waals surface area (Å²) in [6.07, 6.45) is 4.88. The Balaban J connectivity index is 2.21. The van der Waals surface area contributed by atoms with Gasteiger partial charge in [-0.15, -0.1) is 0 Å². The summed E-state index contributed by atoms with van der Waals surface area (Å²) in [5.41, 5.74) is 1.31. The summed E-state index contributed by atoms with van der Waals surface area (Å²) >= 11 is 7.16. The average Bonchev–Trinajstić information content (AvgIpc) is 2.62. The summed E-state index contributed by atoms with van der Waals surface area (Å²) in [6.45, 7) is 0. The number of halogens is 2. The van der Waals surface area contributed by atoms with E-state index in [1.165, 1.54) is 5.56 Å². The quantitative estimate of drug-likeness (QED) is 0.719. The predicted octanol–water partition coefficient (Wildman–Crippen LogP) is 3.06. The second kappa shape index (κ2) is 2.56. The molecular weight excluding hydrogens is 270 g/mol. The van der Waals surface area contributed by atoms with Gasteiger partial charge < -0.3 is 0 Å². The smallest absolute Gasteiger partial charge is 0.0881 e. The van der Waals surface area contributed by atoms with Gasteiger partial charge in [0.1, 0.15) is 0 Å². The standard InChI is InChI=1S/C8H7Br2N/c9-8(10)4-7(8)6-2-1-3-11-5-6/h1-3,5,7H,4H2. The van der Waals surface area contributed by atoms with Crippen molar-refractivity contribution in [1.29, 1.82) is 0 Å². The molecule has 1 fully saturated rings. The van der Waals surface area contributed by atoms with Gasteiger partial charge in [-0.3, -0.25) is 4.98 Å². The Hall–Kier alpha value is 0.110. The molecule has 0 bridgehead atoms. The van der Waals surface area contributed by atoms with Crippen LogP contribution in [0.5, 0.6) is 0 Å². The van der Waals surface area contributed by atoms with Gasteiger partial charge in [-0.1, -0.05) is 37.9 Å². The Bertz CT molecular complexity index is 258. The Kier molecular flexibility index (Phi) is 1.80. The lowest BCUT2D eigenvalue weighted by Gasteiger charge is -1.98. The molecule has 0 radical (unpaired) electrons. The summed E-state index contributed by atoms with van der Waals surface area (Å²) in [4.78, 5) is 4.07. The van der Waals surface area contributed by atoms with Crippen molar-refractivity contribution in [3.05, 3.63) is 30.1 Å². The molecule has 1 atom stereocenters. The van der Waals surface area contributed by atoms with Gasteiger partial charge in [0.2, 0.25) is 0 Å². The maximum Gasteiger partial charge on any atom is 0.0881 e. The van der Waals surface area contributed by atoms with Crippen molar-refractivity contribution in [2.45, 2.75) is 15.6 Å². The molecule has 3 heteroatoms. The van der Waals surface area contributed by atoms with E-state index in [4.69, 9.17) is 0 Å². The Morgan fingerprint density at radius 1 is 1.55 bits per heavy atom. The minimum atomic E-state index is 0.156. The molecule has 0 spiro atoms. The Morgan fingerprint density at radius 2 is 2.27 bits per heavy atom. The molecule has 0 amide bonds. The number of rotatable bonds is 1. The van der Waals surface area contributed by atoms with Crippen molar-refractivity contribution in [2.75, 3.05) is 0 Å². The van der Waals surface area contributed by atoms with E-state index in [9.17, 15) is 0 Å². The van der Waals surface area contributed by atoms with Crippen LogP contribution in [0.3, 0.4) is 0 Å². The topological polar surface area (TPSA) is 12.9 Å². The van der Waals surface area contributed by atoms with Gasteiger partial charge in [0.25, 0.3) is 0 Å². The Labute approximate surface area is 82.5 Å². The van der Waals surface area contributed by atoms with Crippen molar-refractivity contribution >= 4 is 31.9 Å². The van der Waals surface area contributed by atoms with Crippen molar-refractivity contribution in [3.63, 3.8) is 0 Å². The molecule has 0 saturated heterocycles. The van der Waals surface area contributed by atoms with E-state index >= 15 is 0 Å². The molecule has 1 aromatic rings. The zero-order chi connectivity index (χ0) is 7.90. The van der Waals surface area contributed by atoms with E-state index in [1.807, 2.05) is 12.3 Å². The highest BCUT2D eigenvalue weighted by atomic mass is 79.9. The van der Waals surface area contributed by atoms with E-state index in [-0.39, 0.29) is 3.23 Å². The third kappa shape index (κ3) is 1.49. The SMILES string of the molecule is BrC1(Br)CC1c1cccnc1. The first-order chi connectivity index (χ1) is 5.20. The fourth-order valence-corrected chi connectivity index (χ4v) is 2.33. The second-order valence-corrected chi connectivity index (χ2v) is 6.70. The van der Waals surface area contributed by atoms with Gasteiger partial charge in [0.15, 0.2) is 0 Å².